The van der Waals surface area contributed by atoms with Crippen molar-refractivity contribution in [2.24, 2.45) is 0 Å². The molecule has 134 valence electrons. The molecule has 0 radical (unpaired) electrons. The fourth-order valence-electron chi connectivity index (χ4n) is 2.46. The number of nitrogens with one attached hydrogen (secondary N) is 1. The van der Waals surface area contributed by atoms with E-state index in [1.807, 2.05) is 24.3 Å². The Labute approximate surface area is 157 Å². The standard InChI is InChI=1S/C20H24BrNO3/c1-14-7-6-8-19(15(14)2)25-12-5-4-11-22-18-10-9-16(21)13-17(18)20(23)24-3/h6-10,13,22H,4-5,11-12H2,1-3H3. The molecule has 0 saturated heterocycles. The summed E-state index contributed by atoms with van der Waals surface area (Å²) in [6, 6.07) is 11.6. The largest absolute Gasteiger partial charge is 0.493 e. The molecule has 25 heavy (non-hydrogen) atoms. The zero-order valence-electron chi connectivity index (χ0n) is 14.9. The number of anilines is 1. The SMILES string of the molecule is COC(=O)c1cc(Br)ccc1NCCCCOc1cccc(C)c1C. The number of hydrogen-bond donors (Lipinski definition) is 1. The summed E-state index contributed by atoms with van der Waals surface area (Å²) in [5.41, 5.74) is 3.75. The van der Waals surface area contributed by atoms with Crippen LogP contribution in [-0.2, 0) is 4.74 Å². The van der Waals surface area contributed by atoms with Crippen LogP contribution in [0.1, 0.15) is 34.3 Å². The van der Waals surface area contributed by atoms with Crippen molar-refractivity contribution in [2.45, 2.75) is 26.7 Å². The topological polar surface area (TPSA) is 47.6 Å². The fourth-order valence-corrected chi connectivity index (χ4v) is 2.82. The number of esters is 1. The lowest BCUT2D eigenvalue weighted by Crippen LogP contribution is -2.10. The van der Waals surface area contributed by atoms with Crippen LogP contribution in [0.5, 0.6) is 5.75 Å². The molecule has 0 aliphatic rings. The van der Waals surface area contributed by atoms with Crippen LogP contribution in [0.4, 0.5) is 5.69 Å². The van der Waals surface area contributed by atoms with E-state index < -0.39 is 0 Å². The number of methoxy groups -OCH3 is 1. The van der Waals surface area contributed by atoms with E-state index in [0.29, 0.717) is 12.2 Å². The van der Waals surface area contributed by atoms with Gasteiger partial charge in [-0.3, -0.25) is 0 Å². The number of carbonyl (C=O) groups excluding carboxylic acids is 1. The van der Waals surface area contributed by atoms with Crippen molar-refractivity contribution in [3.8, 4) is 5.75 Å². The Hall–Kier alpha value is -2.01. The molecular formula is C20H24BrNO3. The molecule has 5 heteroatoms. The first-order chi connectivity index (χ1) is 12.0. The highest BCUT2D eigenvalue weighted by atomic mass is 79.9. The van der Waals surface area contributed by atoms with E-state index in [1.165, 1.54) is 18.2 Å². The third-order valence-corrected chi connectivity index (χ3v) is 4.58. The van der Waals surface area contributed by atoms with E-state index in [4.69, 9.17) is 9.47 Å². The summed E-state index contributed by atoms with van der Waals surface area (Å²) >= 11 is 3.38. The maximum absolute atomic E-state index is 11.8. The van der Waals surface area contributed by atoms with Crippen molar-refractivity contribution in [3.63, 3.8) is 0 Å². The van der Waals surface area contributed by atoms with Gasteiger partial charge in [-0.05, 0) is 62.1 Å². The van der Waals surface area contributed by atoms with Gasteiger partial charge in [0.2, 0.25) is 0 Å². The average molecular weight is 406 g/mol. The van der Waals surface area contributed by atoms with Gasteiger partial charge >= 0.3 is 5.97 Å². The highest BCUT2D eigenvalue weighted by Crippen LogP contribution is 2.22. The van der Waals surface area contributed by atoms with Gasteiger partial charge in [-0.2, -0.15) is 0 Å². The third kappa shape index (κ3) is 5.49. The predicted molar refractivity (Wildman–Crippen MR) is 105 cm³/mol. The molecule has 0 unspecified atom stereocenters. The molecule has 0 atom stereocenters. The normalized spacial score (nSPS) is 10.4. The lowest BCUT2D eigenvalue weighted by atomic mass is 10.1. The molecule has 0 aliphatic heterocycles. The molecule has 0 spiro atoms. The summed E-state index contributed by atoms with van der Waals surface area (Å²) < 4.78 is 11.5. The number of benzene rings is 2. The molecule has 0 aliphatic carbocycles. The maximum Gasteiger partial charge on any atom is 0.340 e. The maximum atomic E-state index is 11.8. The average Bonchev–Trinajstić information content (AvgIpc) is 2.61. The molecule has 0 heterocycles. The lowest BCUT2D eigenvalue weighted by Gasteiger charge is -2.12. The molecule has 0 aromatic heterocycles. The van der Waals surface area contributed by atoms with Crippen molar-refractivity contribution < 1.29 is 14.3 Å². The third-order valence-electron chi connectivity index (χ3n) is 4.09. The second-order valence-corrected chi connectivity index (χ2v) is 6.78. The first kappa shape index (κ1) is 19.3. The lowest BCUT2D eigenvalue weighted by molar-refractivity contribution is 0.0601. The fraction of sp³-hybridized carbons (Fsp3) is 0.350. The summed E-state index contributed by atoms with van der Waals surface area (Å²) in [5, 5.41) is 3.30. The number of carbonyl (C=O) groups is 1. The van der Waals surface area contributed by atoms with Gasteiger partial charge in [0.05, 0.1) is 19.3 Å². The van der Waals surface area contributed by atoms with Gasteiger partial charge < -0.3 is 14.8 Å². The zero-order chi connectivity index (χ0) is 18.2. The summed E-state index contributed by atoms with van der Waals surface area (Å²) in [6.07, 6.45) is 1.88. The molecule has 0 amide bonds. The number of ether oxygens (including phenoxy) is 2. The Morgan fingerprint density at radius 2 is 1.96 bits per heavy atom. The van der Waals surface area contributed by atoms with Crippen molar-refractivity contribution >= 4 is 27.6 Å². The summed E-state index contributed by atoms with van der Waals surface area (Å²) in [5.74, 6) is 0.607. The molecule has 2 aromatic carbocycles. The van der Waals surface area contributed by atoms with Gasteiger partial charge in [0, 0.05) is 16.7 Å². The second-order valence-electron chi connectivity index (χ2n) is 5.86. The Kier molecular flexibility index (Phi) is 7.31. The summed E-state index contributed by atoms with van der Waals surface area (Å²) in [6.45, 7) is 5.61. The molecule has 4 nitrogen and oxygen atoms in total. The van der Waals surface area contributed by atoms with Gasteiger partial charge in [0.1, 0.15) is 5.75 Å². The number of rotatable bonds is 8. The van der Waals surface area contributed by atoms with Crippen LogP contribution in [-0.4, -0.2) is 26.2 Å². The molecule has 0 fully saturated rings. The molecular weight excluding hydrogens is 382 g/mol. The highest BCUT2D eigenvalue weighted by molar-refractivity contribution is 9.10. The van der Waals surface area contributed by atoms with Crippen LogP contribution in [0.25, 0.3) is 0 Å². The van der Waals surface area contributed by atoms with Gasteiger partial charge in [-0.15, -0.1) is 0 Å². The second kappa shape index (κ2) is 9.47. The zero-order valence-corrected chi connectivity index (χ0v) is 16.5. The Bertz CT molecular complexity index is 731. The summed E-state index contributed by atoms with van der Waals surface area (Å²) in [7, 11) is 1.39. The first-order valence-corrected chi connectivity index (χ1v) is 9.13. The van der Waals surface area contributed by atoms with E-state index in [0.717, 1.165) is 35.3 Å². The van der Waals surface area contributed by atoms with Crippen LogP contribution >= 0.6 is 15.9 Å². The van der Waals surface area contributed by atoms with Crippen LogP contribution < -0.4 is 10.1 Å². The van der Waals surface area contributed by atoms with E-state index in [9.17, 15) is 4.79 Å². The van der Waals surface area contributed by atoms with Crippen LogP contribution in [0.15, 0.2) is 40.9 Å². The number of aryl methyl sites for hydroxylation is 1. The Morgan fingerprint density at radius 1 is 1.16 bits per heavy atom. The number of unbranched alkanes of at least 4 members (excludes halogenated alkanes) is 1. The van der Waals surface area contributed by atoms with E-state index in [2.05, 4.69) is 41.2 Å². The monoisotopic (exact) mass is 405 g/mol. The molecule has 2 rings (SSSR count). The summed E-state index contributed by atoms with van der Waals surface area (Å²) in [4.78, 5) is 11.8. The molecule has 0 bridgehead atoms. The van der Waals surface area contributed by atoms with Crippen LogP contribution in [0, 0.1) is 13.8 Å². The van der Waals surface area contributed by atoms with Gasteiger partial charge in [0.15, 0.2) is 0 Å². The Morgan fingerprint density at radius 3 is 2.72 bits per heavy atom. The molecule has 1 N–H and O–H groups in total. The van der Waals surface area contributed by atoms with Crippen molar-refractivity contribution in [2.75, 3.05) is 25.6 Å². The minimum atomic E-state index is -0.345. The Balaban J connectivity index is 1.78. The van der Waals surface area contributed by atoms with Gasteiger partial charge in [-0.25, -0.2) is 4.79 Å². The van der Waals surface area contributed by atoms with Gasteiger partial charge in [-0.1, -0.05) is 28.1 Å². The predicted octanol–water partition coefficient (Wildman–Crippen LogP) is 5.12. The number of hydrogen-bond acceptors (Lipinski definition) is 4. The van der Waals surface area contributed by atoms with Gasteiger partial charge in [0.25, 0.3) is 0 Å². The highest BCUT2D eigenvalue weighted by Gasteiger charge is 2.12. The quantitative estimate of drug-likeness (QED) is 0.488. The van der Waals surface area contributed by atoms with E-state index in [-0.39, 0.29) is 5.97 Å². The minimum absolute atomic E-state index is 0.345. The minimum Gasteiger partial charge on any atom is -0.493 e. The number of halogens is 1. The van der Waals surface area contributed by atoms with Crippen LogP contribution in [0.2, 0.25) is 0 Å². The van der Waals surface area contributed by atoms with Crippen LogP contribution in [0.3, 0.4) is 0 Å². The van der Waals surface area contributed by atoms with Crippen molar-refractivity contribution in [1.82, 2.24) is 0 Å². The van der Waals surface area contributed by atoms with E-state index in [1.54, 1.807) is 6.07 Å². The van der Waals surface area contributed by atoms with Crippen molar-refractivity contribution in [1.29, 1.82) is 0 Å². The molecule has 2 aromatic rings. The van der Waals surface area contributed by atoms with Crippen molar-refractivity contribution in [3.05, 3.63) is 57.6 Å². The van der Waals surface area contributed by atoms with E-state index >= 15 is 0 Å². The first-order valence-electron chi connectivity index (χ1n) is 8.33. The smallest absolute Gasteiger partial charge is 0.340 e. The molecule has 0 saturated carbocycles.